The maximum absolute atomic E-state index is 13.4. The van der Waals surface area contributed by atoms with Crippen LogP contribution in [0.1, 0.15) is 12.5 Å². The molecule has 2 heterocycles. The molecule has 3 aromatic carbocycles. The Morgan fingerprint density at radius 3 is 2.41 bits per heavy atom. The van der Waals surface area contributed by atoms with E-state index in [-0.39, 0.29) is 5.56 Å². The van der Waals surface area contributed by atoms with Gasteiger partial charge in [-0.15, -0.1) is 0 Å². The Bertz CT molecular complexity index is 1460. The minimum Gasteiger partial charge on any atom is -0.382 e. The summed E-state index contributed by atoms with van der Waals surface area (Å²) < 4.78 is 1.60. The molecule has 5 aromatic rings. The van der Waals surface area contributed by atoms with Gasteiger partial charge in [-0.2, -0.15) is 0 Å². The van der Waals surface area contributed by atoms with E-state index in [1.165, 1.54) is 16.9 Å². The number of hydrogen-bond acceptors (Lipinski definition) is 6. The number of nitrogens with two attached hydrogens (primary N) is 1. The lowest BCUT2D eigenvalue weighted by Gasteiger charge is -2.12. The third kappa shape index (κ3) is 3.63. The van der Waals surface area contributed by atoms with Crippen LogP contribution in [0.25, 0.3) is 27.3 Å². The van der Waals surface area contributed by atoms with Gasteiger partial charge < -0.3 is 11.1 Å². The number of benzene rings is 3. The van der Waals surface area contributed by atoms with Crippen LogP contribution in [0.5, 0.6) is 0 Å². The summed E-state index contributed by atoms with van der Waals surface area (Å²) in [6.45, 7) is 2.12. The molecular formula is C25H21N5OS. The predicted molar refractivity (Wildman–Crippen MR) is 132 cm³/mol. The summed E-state index contributed by atoms with van der Waals surface area (Å²) in [5.41, 5.74) is 9.71. The molecule has 0 aliphatic heterocycles. The van der Waals surface area contributed by atoms with Gasteiger partial charge in [-0.25, -0.2) is 9.97 Å². The molecule has 0 saturated carbocycles. The number of thiazole rings is 1. The fraction of sp³-hybridized carbons (Fsp3) is 0.0800. The van der Waals surface area contributed by atoms with Crippen LogP contribution in [0.2, 0.25) is 0 Å². The fourth-order valence-electron chi connectivity index (χ4n) is 3.59. The third-order valence-corrected chi connectivity index (χ3v) is 6.24. The van der Waals surface area contributed by atoms with Gasteiger partial charge in [0.25, 0.3) is 5.56 Å². The van der Waals surface area contributed by atoms with E-state index < -0.39 is 0 Å². The minimum atomic E-state index is -0.144. The van der Waals surface area contributed by atoms with E-state index in [2.05, 4.69) is 29.4 Å². The minimum absolute atomic E-state index is 0.144. The normalized spacial score (nSPS) is 11.0. The molecule has 158 valence electrons. The van der Waals surface area contributed by atoms with E-state index in [4.69, 9.17) is 10.7 Å². The van der Waals surface area contributed by atoms with Crippen LogP contribution in [0.3, 0.4) is 0 Å². The van der Waals surface area contributed by atoms with E-state index in [9.17, 15) is 4.79 Å². The van der Waals surface area contributed by atoms with E-state index in [1.807, 2.05) is 60.7 Å². The van der Waals surface area contributed by atoms with E-state index >= 15 is 0 Å². The zero-order valence-electron chi connectivity index (χ0n) is 17.4. The van der Waals surface area contributed by atoms with Gasteiger partial charge in [-0.1, -0.05) is 60.7 Å². The Hall–Kier alpha value is -3.97. The molecule has 0 amide bonds. The zero-order chi connectivity index (χ0) is 22.1. The maximum atomic E-state index is 13.4. The molecule has 0 spiro atoms. The van der Waals surface area contributed by atoms with Crippen LogP contribution in [-0.2, 0) is 6.42 Å². The number of hydrogen-bond donors (Lipinski definition) is 2. The van der Waals surface area contributed by atoms with Crippen molar-refractivity contribution in [3.63, 3.8) is 0 Å². The second-order valence-corrected chi connectivity index (χ2v) is 8.34. The highest BCUT2D eigenvalue weighted by Crippen LogP contribution is 2.36. The second kappa shape index (κ2) is 8.28. The molecule has 0 bridgehead atoms. The Kier molecular flexibility index (Phi) is 5.17. The second-order valence-electron chi connectivity index (χ2n) is 7.34. The van der Waals surface area contributed by atoms with Crippen molar-refractivity contribution in [1.82, 2.24) is 14.5 Å². The first-order valence-electron chi connectivity index (χ1n) is 10.3. The summed E-state index contributed by atoms with van der Waals surface area (Å²) in [6, 6.07) is 25.0. The van der Waals surface area contributed by atoms with Gasteiger partial charge in [0.1, 0.15) is 10.7 Å². The highest BCUT2D eigenvalue weighted by Gasteiger charge is 2.20. The van der Waals surface area contributed by atoms with Gasteiger partial charge in [0.15, 0.2) is 11.0 Å². The van der Waals surface area contributed by atoms with Gasteiger partial charge in [0.05, 0.1) is 16.6 Å². The predicted octanol–water partition coefficient (Wildman–Crippen LogP) is 5.40. The quantitative estimate of drug-likeness (QED) is 0.383. The van der Waals surface area contributed by atoms with Crippen molar-refractivity contribution in [1.29, 1.82) is 0 Å². The average Bonchev–Trinajstić information content (AvgIpc) is 3.19. The SMILES string of the molecule is CCc1ccc(Nc2nc(N)c(-c3nc4ccccc4c(=O)n3-c3ccccc3)s2)cc1. The van der Waals surface area contributed by atoms with Crippen molar-refractivity contribution in [3.8, 4) is 16.4 Å². The first-order chi connectivity index (χ1) is 15.6. The fourth-order valence-corrected chi connectivity index (χ4v) is 4.48. The standard InChI is InChI=1S/C25H21N5OS/c1-2-16-12-14-17(15-13-16)27-25-29-22(26)21(32-25)23-28-20-11-7-6-10-19(20)24(31)30(23)18-8-4-3-5-9-18/h3-15H,2,26H2,1H3,(H,27,29). The number of aromatic nitrogens is 3. The summed E-state index contributed by atoms with van der Waals surface area (Å²) in [4.78, 5) is 23.4. The van der Waals surface area contributed by atoms with Gasteiger partial charge in [0, 0.05) is 5.69 Å². The number of nitrogens with zero attached hydrogens (tertiary/aromatic N) is 3. The van der Waals surface area contributed by atoms with Crippen LogP contribution in [0.4, 0.5) is 16.6 Å². The van der Waals surface area contributed by atoms with Crippen molar-refractivity contribution < 1.29 is 0 Å². The van der Waals surface area contributed by atoms with E-state index in [1.54, 1.807) is 10.6 Å². The Labute approximate surface area is 189 Å². The monoisotopic (exact) mass is 439 g/mol. The van der Waals surface area contributed by atoms with Crippen molar-refractivity contribution in [2.45, 2.75) is 13.3 Å². The number of para-hydroxylation sites is 2. The molecule has 6 nitrogen and oxygen atoms in total. The molecular weight excluding hydrogens is 418 g/mol. The molecule has 0 atom stereocenters. The summed E-state index contributed by atoms with van der Waals surface area (Å²) >= 11 is 1.37. The molecule has 0 aliphatic carbocycles. The Morgan fingerprint density at radius 2 is 1.66 bits per heavy atom. The molecule has 0 saturated heterocycles. The van der Waals surface area contributed by atoms with Crippen molar-refractivity contribution >= 4 is 38.9 Å². The summed E-state index contributed by atoms with van der Waals surface area (Å²) in [5.74, 6) is 0.804. The Balaban J connectivity index is 1.65. The lowest BCUT2D eigenvalue weighted by atomic mass is 10.1. The summed E-state index contributed by atoms with van der Waals surface area (Å²) in [5, 5.41) is 4.51. The first kappa shape index (κ1) is 20.0. The van der Waals surface area contributed by atoms with Gasteiger partial charge in [-0.3, -0.25) is 9.36 Å². The van der Waals surface area contributed by atoms with Crippen LogP contribution < -0.4 is 16.6 Å². The molecule has 0 unspecified atom stereocenters. The molecule has 32 heavy (non-hydrogen) atoms. The molecule has 3 N–H and O–H groups in total. The number of rotatable bonds is 5. The zero-order valence-corrected chi connectivity index (χ0v) is 18.3. The number of aryl methyl sites for hydroxylation is 1. The van der Waals surface area contributed by atoms with Gasteiger partial charge in [0.2, 0.25) is 0 Å². The van der Waals surface area contributed by atoms with E-state index in [0.717, 1.165) is 17.8 Å². The Morgan fingerprint density at radius 1 is 0.938 bits per heavy atom. The van der Waals surface area contributed by atoms with Crippen molar-refractivity contribution in [3.05, 3.63) is 94.8 Å². The molecule has 0 radical (unpaired) electrons. The third-order valence-electron chi connectivity index (χ3n) is 5.26. The lowest BCUT2D eigenvalue weighted by Crippen LogP contribution is -2.21. The molecule has 0 aliphatic rings. The highest BCUT2D eigenvalue weighted by atomic mass is 32.1. The van der Waals surface area contributed by atoms with Crippen LogP contribution in [0, 0.1) is 0 Å². The summed E-state index contributed by atoms with van der Waals surface area (Å²) in [6.07, 6.45) is 0.985. The van der Waals surface area contributed by atoms with Gasteiger partial charge >= 0.3 is 0 Å². The molecule has 0 fully saturated rings. The largest absolute Gasteiger partial charge is 0.382 e. The smallest absolute Gasteiger partial charge is 0.266 e. The number of nitrogen functional groups attached to an aromatic ring is 1. The molecule has 2 aromatic heterocycles. The van der Waals surface area contributed by atoms with Crippen LogP contribution in [0.15, 0.2) is 83.7 Å². The van der Waals surface area contributed by atoms with Gasteiger partial charge in [-0.05, 0) is 48.4 Å². The van der Waals surface area contributed by atoms with Crippen molar-refractivity contribution in [2.75, 3.05) is 11.1 Å². The van der Waals surface area contributed by atoms with E-state index in [0.29, 0.717) is 32.6 Å². The lowest BCUT2D eigenvalue weighted by molar-refractivity contribution is 0.980. The summed E-state index contributed by atoms with van der Waals surface area (Å²) in [7, 11) is 0. The molecule has 5 rings (SSSR count). The van der Waals surface area contributed by atoms with Crippen LogP contribution in [-0.4, -0.2) is 14.5 Å². The van der Waals surface area contributed by atoms with Crippen LogP contribution >= 0.6 is 11.3 Å². The highest BCUT2D eigenvalue weighted by molar-refractivity contribution is 7.19. The number of nitrogens with one attached hydrogen (secondary N) is 1. The number of fused-ring (bicyclic) bond motifs is 1. The number of anilines is 3. The average molecular weight is 440 g/mol. The maximum Gasteiger partial charge on any atom is 0.266 e. The van der Waals surface area contributed by atoms with Crippen molar-refractivity contribution in [2.24, 2.45) is 0 Å². The first-order valence-corrected chi connectivity index (χ1v) is 11.2. The topological polar surface area (TPSA) is 85.8 Å². The molecule has 7 heteroatoms.